The molecular formula is C8H14NO2-. The molecule has 0 bridgehead atoms. The molecule has 0 radical (unpaired) electrons. The van der Waals surface area contributed by atoms with Crippen molar-refractivity contribution >= 4 is 0 Å². The van der Waals surface area contributed by atoms with Gasteiger partial charge in [0, 0.05) is 7.11 Å². The maximum atomic E-state index is 10.8. The van der Waals surface area contributed by atoms with Crippen LogP contribution in [0.4, 0.5) is 0 Å². The van der Waals surface area contributed by atoms with Crippen molar-refractivity contribution in [3.05, 3.63) is 17.0 Å². The van der Waals surface area contributed by atoms with Gasteiger partial charge in [-0.05, 0) is 32.0 Å². The lowest BCUT2D eigenvalue weighted by Crippen LogP contribution is -2.19. The SMILES string of the molecule is COC1CC=C(N(C)[O-])CC1. The summed E-state index contributed by atoms with van der Waals surface area (Å²) in [5, 5.41) is 11.7. The summed E-state index contributed by atoms with van der Waals surface area (Å²) in [7, 11) is 3.25. The number of nitrogens with zero attached hydrogens (tertiary/aromatic N) is 1. The van der Waals surface area contributed by atoms with Crippen LogP contribution in [0.15, 0.2) is 11.8 Å². The first-order valence-electron chi connectivity index (χ1n) is 3.86. The predicted octanol–water partition coefficient (Wildman–Crippen LogP) is 1.50. The highest BCUT2D eigenvalue weighted by Crippen LogP contribution is 2.21. The quantitative estimate of drug-likeness (QED) is 0.568. The molecule has 1 aliphatic carbocycles. The van der Waals surface area contributed by atoms with E-state index in [9.17, 15) is 5.21 Å². The fourth-order valence-electron chi connectivity index (χ4n) is 1.30. The molecule has 11 heavy (non-hydrogen) atoms. The zero-order valence-corrected chi connectivity index (χ0v) is 7.04. The van der Waals surface area contributed by atoms with Gasteiger partial charge in [-0.3, -0.25) is 0 Å². The molecule has 0 heterocycles. The molecule has 3 nitrogen and oxygen atoms in total. The number of methoxy groups -OCH3 is 1. The minimum Gasteiger partial charge on any atom is -0.759 e. The molecule has 1 rings (SSSR count). The van der Waals surface area contributed by atoms with E-state index in [0.29, 0.717) is 6.10 Å². The molecule has 0 aliphatic heterocycles. The average molecular weight is 156 g/mol. The van der Waals surface area contributed by atoms with Gasteiger partial charge in [-0.1, -0.05) is 6.08 Å². The first-order valence-corrected chi connectivity index (χ1v) is 3.86. The summed E-state index contributed by atoms with van der Waals surface area (Å²) in [6.07, 6.45) is 4.97. The Kier molecular flexibility index (Phi) is 2.91. The van der Waals surface area contributed by atoms with Crippen molar-refractivity contribution < 1.29 is 4.74 Å². The first kappa shape index (κ1) is 8.56. The van der Waals surface area contributed by atoms with E-state index >= 15 is 0 Å². The van der Waals surface area contributed by atoms with E-state index in [4.69, 9.17) is 4.74 Å². The summed E-state index contributed by atoms with van der Waals surface area (Å²) in [6, 6.07) is 0. The van der Waals surface area contributed by atoms with E-state index in [-0.39, 0.29) is 0 Å². The molecule has 0 aromatic carbocycles. The van der Waals surface area contributed by atoms with E-state index < -0.39 is 0 Å². The second kappa shape index (κ2) is 3.74. The summed E-state index contributed by atoms with van der Waals surface area (Å²) in [5.41, 5.74) is 0.887. The number of hydroxylamine groups is 2. The zero-order chi connectivity index (χ0) is 8.27. The van der Waals surface area contributed by atoms with Crippen LogP contribution in [0.1, 0.15) is 19.3 Å². The van der Waals surface area contributed by atoms with Crippen molar-refractivity contribution in [3.8, 4) is 0 Å². The molecule has 0 saturated carbocycles. The van der Waals surface area contributed by atoms with Gasteiger partial charge in [0.25, 0.3) is 0 Å². The smallest absolute Gasteiger partial charge is 0.0610 e. The van der Waals surface area contributed by atoms with Gasteiger partial charge in [0.05, 0.1) is 6.10 Å². The summed E-state index contributed by atoms with van der Waals surface area (Å²) in [6.45, 7) is 0. The summed E-state index contributed by atoms with van der Waals surface area (Å²) >= 11 is 0. The van der Waals surface area contributed by atoms with E-state index in [1.807, 2.05) is 6.08 Å². The van der Waals surface area contributed by atoms with Crippen molar-refractivity contribution in [2.75, 3.05) is 14.2 Å². The van der Waals surface area contributed by atoms with Crippen LogP contribution in [0, 0.1) is 5.21 Å². The fourth-order valence-corrected chi connectivity index (χ4v) is 1.30. The molecule has 64 valence electrons. The van der Waals surface area contributed by atoms with Crippen LogP contribution in [-0.2, 0) is 4.74 Å². The molecule has 0 fully saturated rings. The Bertz CT molecular complexity index is 154. The van der Waals surface area contributed by atoms with Gasteiger partial charge in [0.2, 0.25) is 0 Å². The normalized spacial score (nSPS) is 24.6. The van der Waals surface area contributed by atoms with Crippen LogP contribution >= 0.6 is 0 Å². The molecule has 1 aliphatic rings. The van der Waals surface area contributed by atoms with Gasteiger partial charge in [-0.2, -0.15) is 0 Å². The van der Waals surface area contributed by atoms with Crippen molar-refractivity contribution in [1.82, 2.24) is 5.06 Å². The predicted molar refractivity (Wildman–Crippen MR) is 43.9 cm³/mol. The van der Waals surface area contributed by atoms with E-state index in [2.05, 4.69) is 0 Å². The Labute approximate surface area is 67.2 Å². The van der Waals surface area contributed by atoms with Gasteiger partial charge >= 0.3 is 0 Å². The molecule has 0 aromatic rings. The number of ether oxygens (including phenoxy) is 1. The third-order valence-electron chi connectivity index (χ3n) is 2.08. The van der Waals surface area contributed by atoms with Crippen LogP contribution in [0.2, 0.25) is 0 Å². The summed E-state index contributed by atoms with van der Waals surface area (Å²) in [5.74, 6) is 0. The highest BCUT2D eigenvalue weighted by atomic mass is 16.5. The van der Waals surface area contributed by atoms with Crippen molar-refractivity contribution in [3.63, 3.8) is 0 Å². The Morgan fingerprint density at radius 3 is 2.82 bits per heavy atom. The number of allylic oxidation sites excluding steroid dienone is 1. The maximum Gasteiger partial charge on any atom is 0.0610 e. The average Bonchev–Trinajstić information content (AvgIpc) is 2.05. The van der Waals surface area contributed by atoms with Crippen molar-refractivity contribution in [2.24, 2.45) is 0 Å². The largest absolute Gasteiger partial charge is 0.759 e. The molecule has 3 heteroatoms. The van der Waals surface area contributed by atoms with Crippen molar-refractivity contribution in [2.45, 2.75) is 25.4 Å². The number of rotatable bonds is 2. The lowest BCUT2D eigenvalue weighted by molar-refractivity contribution is 0.0916. The summed E-state index contributed by atoms with van der Waals surface area (Å²) in [4.78, 5) is 0. The minimum atomic E-state index is 0.318. The van der Waals surface area contributed by atoms with Gasteiger partial charge in [-0.25, -0.2) is 0 Å². The Balaban J connectivity index is 2.44. The molecule has 1 unspecified atom stereocenters. The van der Waals surface area contributed by atoms with Gasteiger partial charge < -0.3 is 15.0 Å². The first-order chi connectivity index (χ1) is 5.24. The van der Waals surface area contributed by atoms with E-state index in [0.717, 1.165) is 30.0 Å². The third kappa shape index (κ3) is 2.20. The summed E-state index contributed by atoms with van der Waals surface area (Å²) < 4.78 is 5.15. The molecule has 0 saturated heterocycles. The highest BCUT2D eigenvalue weighted by molar-refractivity contribution is 5.05. The highest BCUT2D eigenvalue weighted by Gasteiger charge is 2.12. The van der Waals surface area contributed by atoms with Crippen LogP contribution in [0.25, 0.3) is 0 Å². The molecule has 0 amide bonds. The number of hydrogen-bond donors (Lipinski definition) is 0. The maximum absolute atomic E-state index is 10.8. The van der Waals surface area contributed by atoms with Crippen LogP contribution in [0.5, 0.6) is 0 Å². The Morgan fingerprint density at radius 2 is 2.45 bits per heavy atom. The second-order valence-corrected chi connectivity index (χ2v) is 2.83. The van der Waals surface area contributed by atoms with Crippen LogP contribution in [-0.4, -0.2) is 25.3 Å². The molecule has 0 spiro atoms. The van der Waals surface area contributed by atoms with E-state index in [1.165, 1.54) is 0 Å². The second-order valence-electron chi connectivity index (χ2n) is 2.83. The monoisotopic (exact) mass is 156 g/mol. The molecular weight excluding hydrogens is 142 g/mol. The molecule has 0 aromatic heterocycles. The van der Waals surface area contributed by atoms with E-state index in [1.54, 1.807) is 14.2 Å². The van der Waals surface area contributed by atoms with Gasteiger partial charge in [-0.15, -0.1) is 0 Å². The zero-order valence-electron chi connectivity index (χ0n) is 7.04. The fraction of sp³-hybridized carbons (Fsp3) is 0.750. The van der Waals surface area contributed by atoms with Crippen LogP contribution < -0.4 is 0 Å². The Morgan fingerprint density at radius 1 is 1.73 bits per heavy atom. The lowest BCUT2D eigenvalue weighted by Gasteiger charge is -2.32. The topological polar surface area (TPSA) is 35.5 Å². The standard InChI is InChI=1S/C8H14NO2/c1-9(10)7-3-5-8(11-2)6-4-7/h3,8H,4-6H2,1-2H3/q-1. The third-order valence-corrected chi connectivity index (χ3v) is 2.08. The van der Waals surface area contributed by atoms with Gasteiger partial charge in [0.15, 0.2) is 0 Å². The van der Waals surface area contributed by atoms with Crippen LogP contribution in [0.3, 0.4) is 0 Å². The minimum absolute atomic E-state index is 0.318. The van der Waals surface area contributed by atoms with Crippen molar-refractivity contribution in [1.29, 1.82) is 0 Å². The molecule has 1 atom stereocenters. The Hall–Kier alpha value is -0.540. The number of hydrogen-bond acceptors (Lipinski definition) is 3. The van der Waals surface area contributed by atoms with Gasteiger partial charge in [0.1, 0.15) is 0 Å². The molecule has 0 N–H and O–H groups in total. The lowest BCUT2D eigenvalue weighted by atomic mass is 10.0.